The minimum absolute atomic E-state index is 0.0827. The van der Waals surface area contributed by atoms with Crippen molar-refractivity contribution in [2.24, 2.45) is 35.0 Å². The maximum atomic E-state index is 12.5. The van der Waals surface area contributed by atoms with Crippen molar-refractivity contribution in [3.8, 4) is 0 Å². The van der Waals surface area contributed by atoms with E-state index in [0.29, 0.717) is 17.4 Å². The number of aldehydes is 1. The summed E-state index contributed by atoms with van der Waals surface area (Å²) in [4.78, 5) is 24.3. The van der Waals surface area contributed by atoms with Crippen LogP contribution in [0, 0.1) is 35.0 Å². The third-order valence-corrected chi connectivity index (χ3v) is 7.91. The van der Waals surface area contributed by atoms with Crippen molar-refractivity contribution < 1.29 is 19.8 Å². The Morgan fingerprint density at radius 1 is 1.31 bits per heavy atom. The molecule has 3 rings (SSSR count). The summed E-state index contributed by atoms with van der Waals surface area (Å²) in [6.07, 6.45) is 11.5. The minimum atomic E-state index is -1.16. The molecule has 0 saturated heterocycles. The Labute approximate surface area is 174 Å². The summed E-state index contributed by atoms with van der Waals surface area (Å²) in [5.74, 6) is 1.08. The van der Waals surface area contributed by atoms with Crippen LogP contribution in [0.1, 0.15) is 60.3 Å². The monoisotopic (exact) mass is 400 g/mol. The summed E-state index contributed by atoms with van der Waals surface area (Å²) >= 11 is 0. The molecule has 0 aromatic heterocycles. The van der Waals surface area contributed by atoms with Crippen LogP contribution in [0.15, 0.2) is 35.5 Å². The van der Waals surface area contributed by atoms with Crippen LogP contribution in [0.25, 0.3) is 0 Å². The summed E-state index contributed by atoms with van der Waals surface area (Å²) in [6, 6.07) is 0. The molecule has 1 fully saturated rings. The van der Waals surface area contributed by atoms with Gasteiger partial charge in [0.25, 0.3) is 0 Å². The van der Waals surface area contributed by atoms with Crippen molar-refractivity contribution in [3.05, 3.63) is 35.5 Å². The Morgan fingerprint density at radius 3 is 2.62 bits per heavy atom. The lowest BCUT2D eigenvalue weighted by molar-refractivity contribution is -0.119. The van der Waals surface area contributed by atoms with Crippen LogP contribution in [0.4, 0.5) is 0 Å². The molecule has 0 radical (unpaired) electrons. The number of allylic oxidation sites excluding steroid dienone is 5. The van der Waals surface area contributed by atoms with E-state index in [2.05, 4.69) is 13.8 Å². The van der Waals surface area contributed by atoms with E-state index in [1.807, 2.05) is 19.1 Å². The highest BCUT2D eigenvalue weighted by Crippen LogP contribution is 2.58. The number of aliphatic hydroxyl groups excluding tert-OH is 1. The first-order valence-corrected chi connectivity index (χ1v) is 10.9. The molecular weight excluding hydrogens is 364 g/mol. The van der Waals surface area contributed by atoms with Gasteiger partial charge in [-0.25, -0.2) is 0 Å². The average Bonchev–Trinajstić information content (AvgIpc) is 3.08. The van der Waals surface area contributed by atoms with Crippen LogP contribution in [0.5, 0.6) is 0 Å². The van der Waals surface area contributed by atoms with E-state index in [1.165, 1.54) is 0 Å². The Bertz CT molecular complexity index is 753. The fraction of sp³-hybridized carbons (Fsp3) is 0.680. The molecule has 0 aliphatic heterocycles. The highest BCUT2D eigenvalue weighted by molar-refractivity contribution is 6.01. The van der Waals surface area contributed by atoms with E-state index in [9.17, 15) is 19.8 Å². The molecular formula is C25H36O4. The fourth-order valence-electron chi connectivity index (χ4n) is 5.97. The maximum Gasteiger partial charge on any atom is 0.163 e. The van der Waals surface area contributed by atoms with Crippen LogP contribution >= 0.6 is 0 Å². The number of hydrogen-bond donors (Lipinski definition) is 2. The van der Waals surface area contributed by atoms with Gasteiger partial charge in [0.2, 0.25) is 0 Å². The van der Waals surface area contributed by atoms with E-state index in [4.69, 9.17) is 0 Å². The first kappa shape index (κ1) is 22.2. The number of carbonyl (C=O) groups excluding carboxylic acids is 2. The lowest BCUT2D eigenvalue weighted by atomic mass is 9.63. The van der Waals surface area contributed by atoms with Crippen LogP contribution in [0.2, 0.25) is 0 Å². The van der Waals surface area contributed by atoms with Crippen molar-refractivity contribution in [3.63, 3.8) is 0 Å². The second-order valence-electron chi connectivity index (χ2n) is 10.4. The molecule has 0 aromatic carbocycles. The van der Waals surface area contributed by atoms with E-state index in [-0.39, 0.29) is 29.0 Å². The van der Waals surface area contributed by atoms with Gasteiger partial charge in [-0.2, -0.15) is 0 Å². The van der Waals surface area contributed by atoms with Crippen molar-refractivity contribution in [1.29, 1.82) is 0 Å². The van der Waals surface area contributed by atoms with Crippen LogP contribution in [-0.2, 0) is 9.59 Å². The molecule has 4 heteroatoms. The molecule has 0 spiro atoms. The largest absolute Gasteiger partial charge is 0.387 e. The number of carbonyl (C=O) groups is 2. The lowest BCUT2D eigenvalue weighted by Gasteiger charge is -2.40. The molecule has 0 amide bonds. The van der Waals surface area contributed by atoms with Crippen molar-refractivity contribution in [2.75, 3.05) is 0 Å². The molecule has 0 bridgehead atoms. The van der Waals surface area contributed by atoms with Crippen molar-refractivity contribution >= 4 is 12.1 Å². The van der Waals surface area contributed by atoms with Gasteiger partial charge < -0.3 is 10.2 Å². The molecule has 160 valence electrons. The molecule has 0 heterocycles. The first-order valence-electron chi connectivity index (χ1n) is 10.9. The zero-order valence-corrected chi connectivity index (χ0v) is 18.4. The van der Waals surface area contributed by atoms with E-state index < -0.39 is 11.7 Å². The summed E-state index contributed by atoms with van der Waals surface area (Å²) in [5, 5.41) is 20.1. The number of ketones is 1. The van der Waals surface area contributed by atoms with Gasteiger partial charge in [-0.05, 0) is 87.2 Å². The SMILES string of the molecule is CC1=CC(=O)[C@H]2/C(C=O)=C\C[C@H]3[C@@H]([C@@H](C)/C=C\[C@H](O)C(C)(C)O)CC[C@]3(C)C[C@H]12. The third-order valence-electron chi connectivity index (χ3n) is 7.91. The highest BCUT2D eigenvalue weighted by Gasteiger charge is 2.50. The van der Waals surface area contributed by atoms with Gasteiger partial charge in [0, 0.05) is 0 Å². The minimum Gasteiger partial charge on any atom is -0.387 e. The molecule has 3 aliphatic rings. The van der Waals surface area contributed by atoms with Gasteiger partial charge in [0.1, 0.15) is 12.4 Å². The van der Waals surface area contributed by atoms with E-state index >= 15 is 0 Å². The number of fused-ring (bicyclic) bond motifs is 2. The summed E-state index contributed by atoms with van der Waals surface area (Å²) in [6.45, 7) is 9.78. The number of aliphatic hydroxyl groups is 2. The number of hydrogen-bond acceptors (Lipinski definition) is 4. The van der Waals surface area contributed by atoms with Gasteiger partial charge >= 0.3 is 0 Å². The molecule has 7 atom stereocenters. The fourth-order valence-corrected chi connectivity index (χ4v) is 5.97. The first-order chi connectivity index (χ1) is 13.5. The molecule has 3 aliphatic carbocycles. The molecule has 29 heavy (non-hydrogen) atoms. The Kier molecular flexibility index (Phi) is 6.08. The van der Waals surface area contributed by atoms with Gasteiger partial charge in [0.05, 0.1) is 11.5 Å². The van der Waals surface area contributed by atoms with Crippen LogP contribution < -0.4 is 0 Å². The molecule has 0 aromatic rings. The van der Waals surface area contributed by atoms with E-state index in [0.717, 1.165) is 37.5 Å². The topological polar surface area (TPSA) is 74.6 Å². The summed E-state index contributed by atoms with van der Waals surface area (Å²) < 4.78 is 0. The second-order valence-corrected chi connectivity index (χ2v) is 10.4. The van der Waals surface area contributed by atoms with Gasteiger partial charge in [-0.3, -0.25) is 9.59 Å². The van der Waals surface area contributed by atoms with Gasteiger partial charge in [-0.15, -0.1) is 0 Å². The Hall–Kier alpha value is -1.52. The Balaban J connectivity index is 1.86. The smallest absolute Gasteiger partial charge is 0.163 e. The quantitative estimate of drug-likeness (QED) is 0.540. The Morgan fingerprint density at radius 2 is 2.00 bits per heavy atom. The zero-order valence-electron chi connectivity index (χ0n) is 18.4. The lowest BCUT2D eigenvalue weighted by Crippen LogP contribution is -2.35. The van der Waals surface area contributed by atoms with Gasteiger partial charge in [0.15, 0.2) is 5.78 Å². The molecule has 2 N–H and O–H groups in total. The van der Waals surface area contributed by atoms with Crippen LogP contribution in [0.3, 0.4) is 0 Å². The standard InChI is InChI=1S/C25H36O4/c1-15(6-9-22(28)24(3,4)29)18-10-11-25(5)13-19-16(2)12-21(27)23(19)17(14-26)7-8-20(18)25/h6-7,9,12,14-15,18-20,22-23,28-29H,8,10-11,13H2,1-5H3/b9-6-,17-7-/t15-,18+,19+,20-,22-,23-,25+/m0/s1. The van der Waals surface area contributed by atoms with E-state index in [1.54, 1.807) is 26.0 Å². The molecule has 1 saturated carbocycles. The second kappa shape index (κ2) is 7.96. The maximum absolute atomic E-state index is 12.5. The summed E-state index contributed by atoms with van der Waals surface area (Å²) in [7, 11) is 0. The summed E-state index contributed by atoms with van der Waals surface area (Å²) in [5.41, 5.74) is 0.742. The predicted molar refractivity (Wildman–Crippen MR) is 114 cm³/mol. The average molecular weight is 401 g/mol. The van der Waals surface area contributed by atoms with Crippen LogP contribution in [-0.4, -0.2) is 34.0 Å². The molecule has 4 nitrogen and oxygen atoms in total. The van der Waals surface area contributed by atoms with Crippen molar-refractivity contribution in [1.82, 2.24) is 0 Å². The third kappa shape index (κ3) is 4.20. The zero-order chi connectivity index (χ0) is 21.6. The normalized spacial score (nSPS) is 39.1. The van der Waals surface area contributed by atoms with Crippen molar-refractivity contribution in [2.45, 2.75) is 72.0 Å². The molecule has 0 unspecified atom stereocenters. The van der Waals surface area contributed by atoms with Gasteiger partial charge in [-0.1, -0.05) is 37.6 Å². The highest BCUT2D eigenvalue weighted by atomic mass is 16.3. The number of rotatable bonds is 5. The predicted octanol–water partition coefficient (Wildman–Crippen LogP) is 4.02.